The average Bonchev–Trinajstić information content (AvgIpc) is 2.99. The second-order valence-electron chi connectivity index (χ2n) is 6.26. The molecule has 24 heavy (non-hydrogen) atoms. The zero-order valence-electron chi connectivity index (χ0n) is 13.8. The maximum atomic E-state index is 12.3. The van der Waals surface area contributed by atoms with E-state index >= 15 is 0 Å². The van der Waals surface area contributed by atoms with E-state index in [1.807, 2.05) is 19.1 Å². The Bertz CT molecular complexity index is 778. The number of aryl methyl sites for hydroxylation is 2. The summed E-state index contributed by atoms with van der Waals surface area (Å²) in [5.74, 6) is 0.623. The third-order valence-electron chi connectivity index (χ3n) is 4.12. The van der Waals surface area contributed by atoms with E-state index in [2.05, 4.69) is 14.7 Å². The Morgan fingerprint density at radius 3 is 2.54 bits per heavy atom. The number of aromatic nitrogens is 3. The monoisotopic (exact) mass is 350 g/mol. The summed E-state index contributed by atoms with van der Waals surface area (Å²) < 4.78 is 34.8. The maximum absolute atomic E-state index is 12.3. The minimum Gasteiger partial charge on any atom is -0.474 e. The molecule has 1 N–H and O–H groups in total. The molecule has 0 bridgehead atoms. The van der Waals surface area contributed by atoms with Crippen molar-refractivity contribution in [3.8, 4) is 5.88 Å². The molecular formula is C16H22N4O3S. The van der Waals surface area contributed by atoms with E-state index < -0.39 is 10.0 Å². The molecule has 2 heterocycles. The van der Waals surface area contributed by atoms with Crippen LogP contribution < -0.4 is 9.46 Å². The van der Waals surface area contributed by atoms with E-state index in [1.165, 1.54) is 12.5 Å². The number of sulfonamides is 1. The zero-order chi connectivity index (χ0) is 17.2. The van der Waals surface area contributed by atoms with Crippen LogP contribution in [0.2, 0.25) is 0 Å². The van der Waals surface area contributed by atoms with Gasteiger partial charge in [-0.1, -0.05) is 6.07 Å². The first-order chi connectivity index (χ1) is 11.4. The van der Waals surface area contributed by atoms with Crippen LogP contribution >= 0.6 is 0 Å². The summed E-state index contributed by atoms with van der Waals surface area (Å²) in [7, 11) is -1.81. The van der Waals surface area contributed by atoms with Crippen LogP contribution in [0, 0.1) is 6.92 Å². The second kappa shape index (κ2) is 6.90. The molecule has 2 aromatic heterocycles. The SMILES string of the molecule is Cc1ccc(OC2CCC(NS(=O)(=O)c3cn(C)cn3)CC2)nc1. The third kappa shape index (κ3) is 4.12. The number of hydrogen-bond donors (Lipinski definition) is 1. The Morgan fingerprint density at radius 2 is 1.96 bits per heavy atom. The van der Waals surface area contributed by atoms with Crippen molar-refractivity contribution >= 4 is 10.0 Å². The van der Waals surface area contributed by atoms with Crippen LogP contribution in [0.3, 0.4) is 0 Å². The van der Waals surface area contributed by atoms with Gasteiger partial charge in [-0.15, -0.1) is 0 Å². The first-order valence-corrected chi connectivity index (χ1v) is 9.50. The molecule has 0 atom stereocenters. The Morgan fingerprint density at radius 1 is 1.21 bits per heavy atom. The van der Waals surface area contributed by atoms with Gasteiger partial charge in [0.15, 0.2) is 5.03 Å². The van der Waals surface area contributed by atoms with Crippen LogP contribution in [0.4, 0.5) is 0 Å². The van der Waals surface area contributed by atoms with Gasteiger partial charge in [-0.2, -0.15) is 0 Å². The van der Waals surface area contributed by atoms with Crippen molar-refractivity contribution in [1.29, 1.82) is 0 Å². The summed E-state index contributed by atoms with van der Waals surface area (Å²) in [6.07, 6.45) is 7.91. The van der Waals surface area contributed by atoms with Gasteiger partial charge in [0.1, 0.15) is 6.10 Å². The van der Waals surface area contributed by atoms with E-state index in [4.69, 9.17) is 4.74 Å². The van der Waals surface area contributed by atoms with Crippen molar-refractivity contribution in [2.24, 2.45) is 7.05 Å². The number of imidazole rings is 1. The van der Waals surface area contributed by atoms with Crippen molar-refractivity contribution < 1.29 is 13.2 Å². The van der Waals surface area contributed by atoms with Crippen LogP contribution in [-0.4, -0.2) is 35.1 Å². The van der Waals surface area contributed by atoms with Crippen LogP contribution in [0.5, 0.6) is 5.88 Å². The summed E-state index contributed by atoms with van der Waals surface area (Å²) in [5, 5.41) is 0.0622. The number of ether oxygens (including phenoxy) is 1. The fourth-order valence-corrected chi connectivity index (χ4v) is 4.09. The highest BCUT2D eigenvalue weighted by Gasteiger charge is 2.27. The van der Waals surface area contributed by atoms with Gasteiger partial charge in [0, 0.05) is 31.5 Å². The van der Waals surface area contributed by atoms with E-state index in [9.17, 15) is 8.42 Å². The zero-order valence-corrected chi connectivity index (χ0v) is 14.7. The standard InChI is InChI=1S/C16H22N4O3S/c1-12-3-8-15(17-9-12)23-14-6-4-13(5-7-14)19-24(21,22)16-10-20(2)11-18-16/h3,8-11,13-14,19H,4-7H2,1-2H3. The lowest BCUT2D eigenvalue weighted by Crippen LogP contribution is -2.39. The fourth-order valence-electron chi connectivity index (χ4n) is 2.80. The van der Waals surface area contributed by atoms with E-state index in [0.717, 1.165) is 31.2 Å². The summed E-state index contributed by atoms with van der Waals surface area (Å²) in [5.41, 5.74) is 1.09. The van der Waals surface area contributed by atoms with Crippen LogP contribution in [0.1, 0.15) is 31.2 Å². The topological polar surface area (TPSA) is 86.1 Å². The molecule has 3 rings (SSSR count). The van der Waals surface area contributed by atoms with Gasteiger partial charge < -0.3 is 9.30 Å². The number of hydrogen-bond acceptors (Lipinski definition) is 5. The average molecular weight is 350 g/mol. The molecule has 130 valence electrons. The first kappa shape index (κ1) is 16.9. The van der Waals surface area contributed by atoms with E-state index in [0.29, 0.717) is 5.88 Å². The van der Waals surface area contributed by atoms with E-state index in [-0.39, 0.29) is 17.2 Å². The predicted molar refractivity (Wildman–Crippen MR) is 89.2 cm³/mol. The fraction of sp³-hybridized carbons (Fsp3) is 0.500. The smallest absolute Gasteiger partial charge is 0.259 e. The Labute approximate surface area is 142 Å². The molecule has 0 saturated heterocycles. The molecular weight excluding hydrogens is 328 g/mol. The number of nitrogens with zero attached hydrogens (tertiary/aromatic N) is 3. The highest BCUT2D eigenvalue weighted by molar-refractivity contribution is 7.89. The predicted octanol–water partition coefficient (Wildman–Crippen LogP) is 1.79. The highest BCUT2D eigenvalue weighted by Crippen LogP contribution is 2.24. The Kier molecular flexibility index (Phi) is 4.86. The summed E-state index contributed by atoms with van der Waals surface area (Å²) in [6, 6.07) is 3.75. The molecule has 8 heteroatoms. The normalized spacial score (nSPS) is 21.6. The molecule has 2 aromatic rings. The van der Waals surface area contributed by atoms with Gasteiger partial charge in [0.25, 0.3) is 10.0 Å². The van der Waals surface area contributed by atoms with Crippen LogP contribution in [0.25, 0.3) is 0 Å². The Hall–Kier alpha value is -1.93. The van der Waals surface area contributed by atoms with Crippen LogP contribution in [0.15, 0.2) is 35.9 Å². The molecule has 1 saturated carbocycles. The van der Waals surface area contributed by atoms with Crippen molar-refractivity contribution in [1.82, 2.24) is 19.3 Å². The van der Waals surface area contributed by atoms with Crippen molar-refractivity contribution in [3.63, 3.8) is 0 Å². The molecule has 0 amide bonds. The molecule has 0 unspecified atom stereocenters. The lowest BCUT2D eigenvalue weighted by molar-refractivity contribution is 0.138. The molecule has 0 aromatic carbocycles. The molecule has 7 nitrogen and oxygen atoms in total. The summed E-state index contributed by atoms with van der Waals surface area (Å²) >= 11 is 0. The molecule has 0 radical (unpaired) electrons. The molecule has 1 fully saturated rings. The van der Waals surface area contributed by atoms with Crippen molar-refractivity contribution in [3.05, 3.63) is 36.4 Å². The lowest BCUT2D eigenvalue weighted by atomic mass is 9.94. The van der Waals surface area contributed by atoms with E-state index in [1.54, 1.807) is 17.8 Å². The minimum absolute atomic E-state index is 0.0622. The van der Waals surface area contributed by atoms with Crippen molar-refractivity contribution in [2.45, 2.75) is 49.8 Å². The van der Waals surface area contributed by atoms with Gasteiger partial charge in [0.2, 0.25) is 5.88 Å². The van der Waals surface area contributed by atoms with Gasteiger partial charge in [-0.25, -0.2) is 23.1 Å². The van der Waals surface area contributed by atoms with Crippen molar-refractivity contribution in [2.75, 3.05) is 0 Å². The van der Waals surface area contributed by atoms with Gasteiger partial charge >= 0.3 is 0 Å². The summed E-state index contributed by atoms with van der Waals surface area (Å²) in [4.78, 5) is 8.16. The molecule has 1 aliphatic rings. The summed E-state index contributed by atoms with van der Waals surface area (Å²) in [6.45, 7) is 1.98. The lowest BCUT2D eigenvalue weighted by Gasteiger charge is -2.28. The Balaban J connectivity index is 1.52. The largest absolute Gasteiger partial charge is 0.474 e. The quantitative estimate of drug-likeness (QED) is 0.888. The van der Waals surface area contributed by atoms with Crippen LogP contribution in [-0.2, 0) is 17.1 Å². The number of pyridine rings is 1. The maximum Gasteiger partial charge on any atom is 0.259 e. The molecule has 0 aliphatic heterocycles. The second-order valence-corrected chi connectivity index (χ2v) is 7.92. The third-order valence-corrected chi connectivity index (χ3v) is 5.53. The molecule has 1 aliphatic carbocycles. The number of nitrogens with one attached hydrogen (secondary N) is 1. The highest BCUT2D eigenvalue weighted by atomic mass is 32.2. The van der Waals surface area contributed by atoms with Gasteiger partial charge in [-0.05, 0) is 38.2 Å². The van der Waals surface area contributed by atoms with Gasteiger partial charge in [0.05, 0.1) is 6.33 Å². The number of rotatable bonds is 5. The minimum atomic E-state index is -3.56. The first-order valence-electron chi connectivity index (χ1n) is 8.02. The molecule has 0 spiro atoms. The van der Waals surface area contributed by atoms with Gasteiger partial charge in [-0.3, -0.25) is 0 Å².